The highest BCUT2D eigenvalue weighted by Crippen LogP contribution is 2.26. The molecule has 0 spiro atoms. The van der Waals surface area contributed by atoms with Gasteiger partial charge in [-0.25, -0.2) is 13.1 Å². The summed E-state index contributed by atoms with van der Waals surface area (Å²) in [6.07, 6.45) is 3.71. The third kappa shape index (κ3) is 7.98. The predicted molar refractivity (Wildman–Crippen MR) is 104 cm³/mol. The minimum absolute atomic E-state index is 0. The topological polar surface area (TPSA) is 96.6 Å². The normalized spacial score (nSPS) is 15.6. The summed E-state index contributed by atoms with van der Waals surface area (Å²) < 4.78 is 26.3. The minimum Gasteiger partial charge on any atom is -0.370 e. The molecule has 0 unspecified atom stereocenters. The van der Waals surface area contributed by atoms with Crippen molar-refractivity contribution in [1.29, 1.82) is 0 Å². The Bertz CT molecular complexity index is 589. The first-order chi connectivity index (χ1) is 10.6. The summed E-state index contributed by atoms with van der Waals surface area (Å²) in [5, 5.41) is 2.85. The van der Waals surface area contributed by atoms with Crippen LogP contribution in [0.4, 0.5) is 0 Å². The van der Waals surface area contributed by atoms with Gasteiger partial charge in [-0.3, -0.25) is 4.99 Å². The van der Waals surface area contributed by atoms with E-state index in [4.69, 9.17) is 5.73 Å². The summed E-state index contributed by atoms with van der Waals surface area (Å²) in [6, 6.07) is 9.42. The number of rotatable bonds is 8. The predicted octanol–water partition coefficient (Wildman–Crippen LogP) is 1.43. The Labute approximate surface area is 155 Å². The largest absolute Gasteiger partial charge is 0.370 e. The van der Waals surface area contributed by atoms with Crippen LogP contribution in [-0.2, 0) is 16.6 Å². The summed E-state index contributed by atoms with van der Waals surface area (Å²) in [7, 11) is -3.32. The summed E-state index contributed by atoms with van der Waals surface area (Å²) in [5.74, 6) is 0.946. The summed E-state index contributed by atoms with van der Waals surface area (Å²) >= 11 is 0. The Morgan fingerprint density at radius 3 is 2.57 bits per heavy atom. The number of aliphatic imine (C=N–C) groups is 1. The summed E-state index contributed by atoms with van der Waals surface area (Å²) in [5.41, 5.74) is 6.65. The van der Waals surface area contributed by atoms with Gasteiger partial charge >= 0.3 is 0 Å². The zero-order chi connectivity index (χ0) is 15.8. The van der Waals surface area contributed by atoms with E-state index in [0.29, 0.717) is 18.4 Å². The molecule has 130 valence electrons. The standard InChI is InChI=1S/C15H24N4O2S.HI/c16-15(18-11-13-7-4-8-13)17-9-10-22(20,21)19-12-14-5-2-1-3-6-14;/h1-3,5-6,13,19H,4,7-12H2,(H3,16,17,18);1H. The molecule has 23 heavy (non-hydrogen) atoms. The molecule has 1 aliphatic carbocycles. The van der Waals surface area contributed by atoms with Crippen molar-refractivity contribution in [1.82, 2.24) is 10.0 Å². The molecule has 0 saturated heterocycles. The van der Waals surface area contributed by atoms with Crippen molar-refractivity contribution in [3.05, 3.63) is 35.9 Å². The van der Waals surface area contributed by atoms with Gasteiger partial charge in [-0.15, -0.1) is 24.0 Å². The van der Waals surface area contributed by atoms with Crippen LogP contribution in [0.25, 0.3) is 0 Å². The van der Waals surface area contributed by atoms with Crippen LogP contribution < -0.4 is 15.8 Å². The minimum atomic E-state index is -3.32. The molecular weight excluding hydrogens is 427 g/mol. The highest BCUT2D eigenvalue weighted by atomic mass is 127. The van der Waals surface area contributed by atoms with Crippen LogP contribution in [0, 0.1) is 5.92 Å². The average molecular weight is 452 g/mol. The lowest BCUT2D eigenvalue weighted by atomic mass is 9.86. The number of benzene rings is 1. The Kier molecular flexibility index (Phi) is 8.85. The molecule has 6 nitrogen and oxygen atoms in total. The third-order valence-electron chi connectivity index (χ3n) is 3.76. The highest BCUT2D eigenvalue weighted by molar-refractivity contribution is 14.0. The van der Waals surface area contributed by atoms with Crippen LogP contribution in [0.2, 0.25) is 0 Å². The maximum absolute atomic E-state index is 11.9. The maximum Gasteiger partial charge on any atom is 0.213 e. The fraction of sp³-hybridized carbons (Fsp3) is 0.533. The number of nitrogens with two attached hydrogens (primary N) is 1. The van der Waals surface area contributed by atoms with Crippen LogP contribution in [0.1, 0.15) is 24.8 Å². The molecule has 0 radical (unpaired) electrons. The molecule has 1 aromatic carbocycles. The molecule has 8 heteroatoms. The number of hydrogen-bond donors (Lipinski definition) is 3. The van der Waals surface area contributed by atoms with Gasteiger partial charge < -0.3 is 11.1 Å². The first kappa shape index (κ1) is 20.2. The monoisotopic (exact) mass is 452 g/mol. The molecule has 0 bridgehead atoms. The first-order valence-corrected chi connectivity index (χ1v) is 9.25. The van der Waals surface area contributed by atoms with Crippen molar-refractivity contribution < 1.29 is 8.42 Å². The second kappa shape index (κ2) is 10.1. The average Bonchev–Trinajstić information content (AvgIpc) is 2.45. The van der Waals surface area contributed by atoms with Crippen LogP contribution >= 0.6 is 24.0 Å². The maximum atomic E-state index is 11.9. The Morgan fingerprint density at radius 1 is 1.26 bits per heavy atom. The van der Waals surface area contributed by atoms with Crippen molar-refractivity contribution in [2.75, 3.05) is 18.8 Å². The van der Waals surface area contributed by atoms with Crippen LogP contribution in [0.5, 0.6) is 0 Å². The molecule has 1 aliphatic rings. The Balaban J connectivity index is 0.00000264. The van der Waals surface area contributed by atoms with Crippen molar-refractivity contribution in [2.45, 2.75) is 25.8 Å². The van der Waals surface area contributed by atoms with Crippen molar-refractivity contribution in [3.8, 4) is 0 Å². The van der Waals surface area contributed by atoms with Crippen LogP contribution in [0.15, 0.2) is 35.3 Å². The number of hydrogen-bond acceptors (Lipinski definition) is 3. The molecule has 0 aliphatic heterocycles. The fourth-order valence-electron chi connectivity index (χ4n) is 2.13. The van der Waals surface area contributed by atoms with E-state index in [2.05, 4.69) is 15.0 Å². The van der Waals surface area contributed by atoms with E-state index in [1.54, 1.807) is 0 Å². The van der Waals surface area contributed by atoms with E-state index in [-0.39, 0.29) is 36.3 Å². The smallest absolute Gasteiger partial charge is 0.213 e. The lowest BCUT2D eigenvalue weighted by Gasteiger charge is -2.23. The van der Waals surface area contributed by atoms with Gasteiger partial charge in [0.2, 0.25) is 10.0 Å². The van der Waals surface area contributed by atoms with Crippen molar-refractivity contribution in [3.63, 3.8) is 0 Å². The molecule has 1 saturated carbocycles. The van der Waals surface area contributed by atoms with Gasteiger partial charge in [-0.2, -0.15) is 0 Å². The Morgan fingerprint density at radius 2 is 1.96 bits per heavy atom. The molecule has 2 rings (SSSR count). The van der Waals surface area contributed by atoms with E-state index in [0.717, 1.165) is 12.1 Å². The molecule has 0 aromatic heterocycles. The fourth-order valence-corrected chi connectivity index (χ4v) is 3.04. The second-order valence-electron chi connectivity index (χ2n) is 5.58. The Hall–Kier alpha value is -0.870. The quantitative estimate of drug-likeness (QED) is 0.316. The highest BCUT2D eigenvalue weighted by Gasteiger charge is 2.16. The molecule has 1 aromatic rings. The number of nitrogens with one attached hydrogen (secondary N) is 2. The van der Waals surface area contributed by atoms with E-state index in [1.165, 1.54) is 19.3 Å². The first-order valence-electron chi connectivity index (χ1n) is 7.60. The van der Waals surface area contributed by atoms with Crippen molar-refractivity contribution in [2.24, 2.45) is 16.6 Å². The van der Waals surface area contributed by atoms with Gasteiger partial charge in [-0.05, 0) is 24.3 Å². The summed E-state index contributed by atoms with van der Waals surface area (Å²) in [6.45, 7) is 1.29. The molecule has 1 fully saturated rings. The zero-order valence-electron chi connectivity index (χ0n) is 13.1. The molecule has 0 heterocycles. The van der Waals surface area contributed by atoms with E-state index < -0.39 is 10.0 Å². The molecule has 0 amide bonds. The van der Waals surface area contributed by atoms with Gasteiger partial charge in [0.25, 0.3) is 0 Å². The van der Waals surface area contributed by atoms with Crippen LogP contribution in [0.3, 0.4) is 0 Å². The van der Waals surface area contributed by atoms with E-state index in [1.807, 2.05) is 30.3 Å². The lowest BCUT2D eigenvalue weighted by molar-refractivity contribution is 0.326. The van der Waals surface area contributed by atoms with Gasteiger partial charge in [0.05, 0.1) is 5.75 Å². The number of guanidine groups is 1. The number of nitrogens with zero attached hydrogens (tertiary/aromatic N) is 1. The van der Waals surface area contributed by atoms with Crippen LogP contribution in [-0.4, -0.2) is 33.2 Å². The SMILES string of the molecule is I.NC(=NCC1CCC1)NCCS(=O)(=O)NCc1ccccc1. The number of halogens is 1. The van der Waals surface area contributed by atoms with Gasteiger partial charge in [0.1, 0.15) is 0 Å². The zero-order valence-corrected chi connectivity index (χ0v) is 16.2. The second-order valence-corrected chi connectivity index (χ2v) is 7.50. The van der Waals surface area contributed by atoms with E-state index >= 15 is 0 Å². The third-order valence-corrected chi connectivity index (χ3v) is 5.09. The summed E-state index contributed by atoms with van der Waals surface area (Å²) in [4.78, 5) is 4.23. The van der Waals surface area contributed by atoms with Gasteiger partial charge in [0.15, 0.2) is 5.96 Å². The van der Waals surface area contributed by atoms with Gasteiger partial charge in [0, 0.05) is 19.6 Å². The lowest BCUT2D eigenvalue weighted by Crippen LogP contribution is -2.38. The molecule has 0 atom stereocenters. The molecular formula is C15H25IN4O2S. The number of sulfonamides is 1. The molecule has 4 N–H and O–H groups in total. The van der Waals surface area contributed by atoms with Gasteiger partial charge in [-0.1, -0.05) is 36.8 Å². The van der Waals surface area contributed by atoms with Crippen molar-refractivity contribution >= 4 is 40.0 Å². The van der Waals surface area contributed by atoms with E-state index in [9.17, 15) is 8.42 Å².